The standard InChI is InChI=1S/C6H2IN2O8P/c7-16-6-4(9(12)13)1-3(8(10)11)2-5(6)17-18(14)15/h1-2H/p+1. The molecule has 0 amide bonds. The summed E-state index contributed by atoms with van der Waals surface area (Å²) in [7, 11) is -3.14. The fourth-order valence-electron chi connectivity index (χ4n) is 1.04. The second-order valence-corrected chi connectivity index (χ2v) is 3.81. The van der Waals surface area contributed by atoms with Crippen molar-refractivity contribution in [2.24, 2.45) is 0 Å². The molecule has 1 N–H and O–H groups in total. The Morgan fingerprint density at radius 3 is 2.28 bits per heavy atom. The van der Waals surface area contributed by atoms with Crippen molar-refractivity contribution < 1.29 is 26.9 Å². The Kier molecular flexibility index (Phi) is 4.69. The van der Waals surface area contributed by atoms with Crippen molar-refractivity contribution in [1.82, 2.24) is 0 Å². The summed E-state index contributed by atoms with van der Waals surface area (Å²) in [4.78, 5) is 28.0. The van der Waals surface area contributed by atoms with Gasteiger partial charge >= 0.3 is 13.9 Å². The van der Waals surface area contributed by atoms with Gasteiger partial charge in [-0.05, 0) is 0 Å². The first kappa shape index (κ1) is 14.5. The highest BCUT2D eigenvalue weighted by molar-refractivity contribution is 14.1. The summed E-state index contributed by atoms with van der Waals surface area (Å²) >= 11 is 1.28. The molecular weight excluding hydrogens is 386 g/mol. The molecule has 1 unspecified atom stereocenters. The largest absolute Gasteiger partial charge is 0.747 e. The smallest absolute Gasteiger partial charge is 0.416 e. The maximum atomic E-state index is 10.7. The lowest BCUT2D eigenvalue weighted by Gasteiger charge is -2.01. The molecule has 0 saturated heterocycles. The maximum absolute atomic E-state index is 10.7. The average molecular weight is 389 g/mol. The van der Waals surface area contributed by atoms with Gasteiger partial charge in [-0.1, -0.05) is 0 Å². The molecule has 10 nitrogen and oxygen atoms in total. The molecule has 1 atom stereocenters. The third kappa shape index (κ3) is 3.21. The van der Waals surface area contributed by atoms with E-state index in [4.69, 9.17) is 4.89 Å². The number of halogens is 1. The lowest BCUT2D eigenvalue weighted by Crippen LogP contribution is -1.97. The molecule has 1 aromatic rings. The number of rotatable bonds is 5. The first-order chi connectivity index (χ1) is 8.36. The molecule has 0 bridgehead atoms. The number of hydrogen-bond acceptors (Lipinski definition) is 7. The van der Waals surface area contributed by atoms with Crippen molar-refractivity contribution in [2.45, 2.75) is 0 Å². The van der Waals surface area contributed by atoms with E-state index < -0.39 is 41.0 Å². The minimum Gasteiger partial charge on any atom is -0.416 e. The molecule has 0 saturated carbocycles. The fraction of sp³-hybridized carbons (Fsp3) is 0. The van der Waals surface area contributed by atoms with E-state index in [2.05, 4.69) is 7.59 Å². The summed E-state index contributed by atoms with van der Waals surface area (Å²) < 4.78 is 19.5. The molecule has 0 aliphatic rings. The van der Waals surface area contributed by atoms with Crippen LogP contribution in [0, 0.1) is 20.2 Å². The van der Waals surface area contributed by atoms with Crippen LogP contribution in [0.3, 0.4) is 0 Å². The second-order valence-electron chi connectivity index (χ2n) is 2.71. The van der Waals surface area contributed by atoms with Gasteiger partial charge in [0.2, 0.25) is 5.75 Å². The van der Waals surface area contributed by atoms with E-state index in [0.717, 1.165) is 6.07 Å². The quantitative estimate of drug-likeness (QED) is 0.350. The number of nitrogens with zero attached hydrogens (tertiary/aromatic N) is 2. The van der Waals surface area contributed by atoms with Gasteiger partial charge in [0.15, 0.2) is 23.0 Å². The SMILES string of the molecule is O=[N+]([O-])c1cc(O[P+](=O)O)c(OI)c([N+](=O)[O-])c1. The number of benzene rings is 1. The predicted molar refractivity (Wildman–Crippen MR) is 64.9 cm³/mol. The van der Waals surface area contributed by atoms with Crippen LogP contribution in [0.5, 0.6) is 11.5 Å². The summed E-state index contributed by atoms with van der Waals surface area (Å²) in [6.45, 7) is 0. The Bertz CT molecular complexity index is 535. The van der Waals surface area contributed by atoms with Gasteiger partial charge in [0, 0.05) is 4.57 Å². The van der Waals surface area contributed by atoms with Gasteiger partial charge in [-0.2, -0.15) is 0 Å². The van der Waals surface area contributed by atoms with Crippen LogP contribution < -0.4 is 7.59 Å². The van der Waals surface area contributed by atoms with Crippen LogP contribution in [0.2, 0.25) is 0 Å². The van der Waals surface area contributed by atoms with Gasteiger partial charge in [0.05, 0.1) is 22.0 Å². The van der Waals surface area contributed by atoms with Crippen LogP contribution in [0.15, 0.2) is 12.1 Å². The molecule has 1 rings (SSSR count). The minimum absolute atomic E-state index is 0.483. The van der Waals surface area contributed by atoms with E-state index >= 15 is 0 Å². The maximum Gasteiger partial charge on any atom is 0.747 e. The summed E-state index contributed by atoms with van der Waals surface area (Å²) in [5, 5.41) is 21.3. The zero-order chi connectivity index (χ0) is 13.9. The van der Waals surface area contributed by atoms with Gasteiger partial charge in [-0.25, -0.2) is 4.52 Å². The van der Waals surface area contributed by atoms with E-state index in [-0.39, 0.29) is 0 Å². The highest BCUT2D eigenvalue weighted by atomic mass is 127. The molecule has 0 aliphatic heterocycles. The van der Waals surface area contributed by atoms with Crippen molar-refractivity contribution >= 4 is 42.6 Å². The van der Waals surface area contributed by atoms with Gasteiger partial charge < -0.3 is 3.07 Å². The molecular formula is C6H3IN2O8P+. The lowest BCUT2D eigenvalue weighted by atomic mass is 10.2. The molecule has 0 fully saturated rings. The molecule has 0 aromatic heterocycles. The minimum atomic E-state index is -3.14. The van der Waals surface area contributed by atoms with E-state index in [9.17, 15) is 24.8 Å². The van der Waals surface area contributed by atoms with Crippen LogP contribution in [-0.2, 0) is 4.57 Å². The third-order valence-electron chi connectivity index (χ3n) is 1.68. The topological polar surface area (TPSA) is 142 Å². The Labute approximate surface area is 113 Å². The molecule has 0 heterocycles. The normalized spacial score (nSPS) is 10.7. The first-order valence-electron chi connectivity index (χ1n) is 3.96. The van der Waals surface area contributed by atoms with Crippen molar-refractivity contribution in [2.75, 3.05) is 0 Å². The molecule has 96 valence electrons. The van der Waals surface area contributed by atoms with Gasteiger partial charge in [0.25, 0.3) is 11.4 Å². The number of non-ortho nitro benzene ring substituents is 1. The summed E-state index contributed by atoms with van der Waals surface area (Å²) in [6.07, 6.45) is 0. The predicted octanol–water partition coefficient (Wildman–Crippen LogP) is 2.26. The van der Waals surface area contributed by atoms with Crippen LogP contribution in [0.1, 0.15) is 0 Å². The van der Waals surface area contributed by atoms with Crippen LogP contribution in [0.4, 0.5) is 11.4 Å². The molecule has 12 heteroatoms. The Hall–Kier alpha value is -1.59. The van der Waals surface area contributed by atoms with Crippen LogP contribution in [0.25, 0.3) is 0 Å². The van der Waals surface area contributed by atoms with E-state index in [1.54, 1.807) is 0 Å². The molecule has 1 aromatic carbocycles. The van der Waals surface area contributed by atoms with Crippen molar-refractivity contribution in [3.8, 4) is 11.5 Å². The van der Waals surface area contributed by atoms with Gasteiger partial charge in [-0.15, -0.1) is 4.89 Å². The number of nitro groups is 2. The zero-order valence-corrected chi connectivity index (χ0v) is 11.2. The Morgan fingerprint density at radius 1 is 1.28 bits per heavy atom. The van der Waals surface area contributed by atoms with Gasteiger partial charge in [-0.3, -0.25) is 20.2 Å². The van der Waals surface area contributed by atoms with Gasteiger partial charge in [0.1, 0.15) is 0 Å². The van der Waals surface area contributed by atoms with Crippen LogP contribution >= 0.6 is 31.3 Å². The fourth-order valence-corrected chi connectivity index (χ4v) is 1.79. The second kappa shape index (κ2) is 5.84. The highest BCUT2D eigenvalue weighted by Crippen LogP contribution is 2.44. The highest BCUT2D eigenvalue weighted by Gasteiger charge is 2.31. The van der Waals surface area contributed by atoms with E-state index in [1.165, 1.54) is 23.0 Å². The number of nitro benzene ring substituents is 2. The Balaban J connectivity index is 3.50. The molecule has 0 spiro atoms. The number of hydrogen-bond donors (Lipinski definition) is 1. The summed E-state index contributed by atoms with van der Waals surface area (Å²) in [6, 6.07) is 1.41. The van der Waals surface area contributed by atoms with Crippen LogP contribution in [-0.4, -0.2) is 14.7 Å². The molecule has 0 aliphatic carbocycles. The zero-order valence-electron chi connectivity index (χ0n) is 8.18. The van der Waals surface area contributed by atoms with E-state index in [0.29, 0.717) is 6.07 Å². The average Bonchev–Trinajstić information content (AvgIpc) is 2.26. The van der Waals surface area contributed by atoms with E-state index in [1.807, 2.05) is 0 Å². The van der Waals surface area contributed by atoms with Crippen molar-refractivity contribution in [3.63, 3.8) is 0 Å². The molecule has 18 heavy (non-hydrogen) atoms. The first-order valence-corrected chi connectivity index (χ1v) is 5.97. The monoisotopic (exact) mass is 389 g/mol. The third-order valence-corrected chi connectivity index (χ3v) is 2.47. The Morgan fingerprint density at radius 2 is 1.89 bits per heavy atom. The summed E-state index contributed by atoms with van der Waals surface area (Å²) in [5.41, 5.74) is -1.41. The van der Waals surface area contributed by atoms with Crippen molar-refractivity contribution in [3.05, 3.63) is 32.4 Å². The molecule has 0 radical (unpaired) electrons. The summed E-state index contributed by atoms with van der Waals surface area (Å²) in [5.74, 6) is -1.04. The van der Waals surface area contributed by atoms with Crippen molar-refractivity contribution in [1.29, 1.82) is 0 Å². The lowest BCUT2D eigenvalue weighted by molar-refractivity contribution is -0.394.